The van der Waals surface area contributed by atoms with Crippen LogP contribution in [0.1, 0.15) is 27.6 Å². The Morgan fingerprint density at radius 2 is 1.30 bits per heavy atom. The van der Waals surface area contributed by atoms with Crippen molar-refractivity contribution in [2.24, 2.45) is 10.2 Å². The summed E-state index contributed by atoms with van der Waals surface area (Å²) in [6, 6.07) is 17.5. The van der Waals surface area contributed by atoms with Crippen molar-refractivity contribution >= 4 is 23.7 Å². The maximum absolute atomic E-state index is 11.8. The molecule has 0 aromatic heterocycles. The van der Waals surface area contributed by atoms with Gasteiger partial charge in [0.25, 0.3) is 11.8 Å². The highest BCUT2D eigenvalue weighted by Gasteiger charge is 2.03. The number of hydrogen-bond donors (Lipinski definition) is 2. The highest BCUT2D eigenvalue weighted by atomic mass is 16.2. The molecule has 0 saturated heterocycles. The Hall–Kier alpha value is -3.28. The number of amides is 2. The summed E-state index contributed by atoms with van der Waals surface area (Å²) in [5.74, 6) is -0.630. The van der Waals surface area contributed by atoms with Gasteiger partial charge in [-0.15, -0.1) is 0 Å². The number of carbonyl (C=O) groups excluding carboxylic acids is 2. The Kier molecular flexibility index (Phi) is 5.76. The van der Waals surface area contributed by atoms with Gasteiger partial charge in [0.2, 0.25) is 0 Å². The maximum Gasteiger partial charge on any atom is 0.271 e. The van der Waals surface area contributed by atoms with Gasteiger partial charge in [0.05, 0.1) is 11.9 Å². The molecular formula is C17H16N4O2. The van der Waals surface area contributed by atoms with Crippen LogP contribution >= 0.6 is 0 Å². The lowest BCUT2D eigenvalue weighted by Crippen LogP contribution is -2.21. The van der Waals surface area contributed by atoms with E-state index in [0.29, 0.717) is 16.8 Å². The summed E-state index contributed by atoms with van der Waals surface area (Å²) >= 11 is 0. The van der Waals surface area contributed by atoms with E-state index in [4.69, 9.17) is 0 Å². The summed E-state index contributed by atoms with van der Waals surface area (Å²) in [6.07, 6.45) is 1.35. The SMILES string of the molecule is CC(/C=N/NC(=O)c1ccccc1)=N\NC(=O)c1ccccc1. The number of hydrazone groups is 2. The number of hydrogen-bond acceptors (Lipinski definition) is 4. The summed E-state index contributed by atoms with van der Waals surface area (Å²) in [5.41, 5.74) is 6.27. The van der Waals surface area contributed by atoms with Crippen LogP contribution in [0.2, 0.25) is 0 Å². The lowest BCUT2D eigenvalue weighted by atomic mass is 10.2. The summed E-state index contributed by atoms with van der Waals surface area (Å²) in [4.78, 5) is 23.5. The van der Waals surface area contributed by atoms with E-state index < -0.39 is 0 Å². The summed E-state index contributed by atoms with van der Waals surface area (Å²) in [7, 11) is 0. The second kappa shape index (κ2) is 8.23. The van der Waals surface area contributed by atoms with Crippen molar-refractivity contribution in [3.8, 4) is 0 Å². The highest BCUT2D eigenvalue weighted by Crippen LogP contribution is 1.98. The van der Waals surface area contributed by atoms with E-state index in [2.05, 4.69) is 21.1 Å². The molecule has 0 bridgehead atoms. The molecule has 0 radical (unpaired) electrons. The molecule has 6 nitrogen and oxygen atoms in total. The highest BCUT2D eigenvalue weighted by molar-refractivity contribution is 6.29. The normalized spacial score (nSPS) is 11.3. The molecule has 23 heavy (non-hydrogen) atoms. The molecule has 2 amide bonds. The first-order valence-corrected chi connectivity index (χ1v) is 6.95. The molecule has 2 rings (SSSR count). The van der Waals surface area contributed by atoms with E-state index in [-0.39, 0.29) is 11.8 Å². The van der Waals surface area contributed by atoms with E-state index in [9.17, 15) is 9.59 Å². The molecule has 0 unspecified atom stereocenters. The monoisotopic (exact) mass is 308 g/mol. The molecule has 0 atom stereocenters. The van der Waals surface area contributed by atoms with Crippen molar-refractivity contribution in [2.45, 2.75) is 6.92 Å². The molecular weight excluding hydrogens is 292 g/mol. The zero-order valence-electron chi connectivity index (χ0n) is 12.6. The molecule has 0 saturated carbocycles. The second-order valence-corrected chi connectivity index (χ2v) is 4.63. The van der Waals surface area contributed by atoms with Crippen molar-refractivity contribution < 1.29 is 9.59 Å². The third kappa shape index (κ3) is 5.20. The Labute approximate surface area is 133 Å². The van der Waals surface area contributed by atoms with Crippen LogP contribution in [0.25, 0.3) is 0 Å². The summed E-state index contributed by atoms with van der Waals surface area (Å²) < 4.78 is 0. The van der Waals surface area contributed by atoms with Gasteiger partial charge in [0, 0.05) is 11.1 Å². The largest absolute Gasteiger partial charge is 0.271 e. The maximum atomic E-state index is 11.8. The van der Waals surface area contributed by atoms with Crippen LogP contribution in [0.5, 0.6) is 0 Å². The Balaban J connectivity index is 1.85. The molecule has 0 aliphatic rings. The molecule has 0 aliphatic heterocycles. The van der Waals surface area contributed by atoms with Crippen LogP contribution in [0, 0.1) is 0 Å². The van der Waals surface area contributed by atoms with Gasteiger partial charge in [-0.2, -0.15) is 10.2 Å². The Morgan fingerprint density at radius 1 is 0.826 bits per heavy atom. The smallest absolute Gasteiger partial charge is 0.267 e. The first kappa shape index (κ1) is 16.1. The quantitative estimate of drug-likeness (QED) is 0.655. The minimum Gasteiger partial charge on any atom is -0.267 e. The van der Waals surface area contributed by atoms with E-state index in [0.717, 1.165) is 0 Å². The van der Waals surface area contributed by atoms with Gasteiger partial charge in [0.1, 0.15) is 0 Å². The van der Waals surface area contributed by atoms with Gasteiger partial charge in [-0.1, -0.05) is 36.4 Å². The fourth-order valence-corrected chi connectivity index (χ4v) is 1.66. The van der Waals surface area contributed by atoms with Gasteiger partial charge in [0.15, 0.2) is 0 Å². The van der Waals surface area contributed by atoms with Gasteiger partial charge in [-0.3, -0.25) is 9.59 Å². The molecule has 0 aliphatic carbocycles. The van der Waals surface area contributed by atoms with E-state index in [1.54, 1.807) is 55.5 Å². The van der Waals surface area contributed by atoms with Crippen molar-refractivity contribution in [3.05, 3.63) is 71.8 Å². The van der Waals surface area contributed by atoms with Crippen molar-refractivity contribution in [3.63, 3.8) is 0 Å². The lowest BCUT2D eigenvalue weighted by Gasteiger charge is -2.00. The number of nitrogens with zero attached hydrogens (tertiary/aromatic N) is 2. The third-order valence-electron chi connectivity index (χ3n) is 2.82. The predicted molar refractivity (Wildman–Crippen MR) is 89.4 cm³/mol. The number of carbonyl (C=O) groups is 2. The van der Waals surface area contributed by atoms with Crippen molar-refractivity contribution in [1.82, 2.24) is 10.9 Å². The van der Waals surface area contributed by atoms with E-state index >= 15 is 0 Å². The van der Waals surface area contributed by atoms with Gasteiger partial charge in [-0.25, -0.2) is 10.9 Å². The molecule has 6 heteroatoms. The minimum atomic E-state index is -0.317. The zero-order valence-corrected chi connectivity index (χ0v) is 12.6. The first-order chi connectivity index (χ1) is 11.2. The lowest BCUT2D eigenvalue weighted by molar-refractivity contribution is 0.0946. The zero-order chi connectivity index (χ0) is 16.5. The Morgan fingerprint density at radius 3 is 1.83 bits per heavy atom. The van der Waals surface area contributed by atoms with Crippen LogP contribution < -0.4 is 10.9 Å². The molecule has 2 N–H and O–H groups in total. The topological polar surface area (TPSA) is 82.9 Å². The molecule has 0 heterocycles. The van der Waals surface area contributed by atoms with Crippen LogP contribution in [-0.2, 0) is 0 Å². The van der Waals surface area contributed by atoms with Crippen LogP contribution in [0.4, 0.5) is 0 Å². The average Bonchev–Trinajstić information content (AvgIpc) is 2.61. The first-order valence-electron chi connectivity index (χ1n) is 6.95. The van der Waals surface area contributed by atoms with Crippen LogP contribution in [0.15, 0.2) is 70.9 Å². The molecule has 0 fully saturated rings. The number of benzene rings is 2. The number of nitrogens with one attached hydrogen (secondary N) is 2. The molecule has 0 spiro atoms. The van der Waals surface area contributed by atoms with Gasteiger partial charge in [-0.05, 0) is 31.2 Å². The molecule has 116 valence electrons. The van der Waals surface area contributed by atoms with Crippen LogP contribution in [-0.4, -0.2) is 23.7 Å². The van der Waals surface area contributed by atoms with E-state index in [1.807, 2.05) is 12.1 Å². The van der Waals surface area contributed by atoms with Crippen LogP contribution in [0.3, 0.4) is 0 Å². The fourth-order valence-electron chi connectivity index (χ4n) is 1.66. The summed E-state index contributed by atoms with van der Waals surface area (Å²) in [5, 5.41) is 7.68. The molecule has 2 aromatic carbocycles. The van der Waals surface area contributed by atoms with Gasteiger partial charge >= 0.3 is 0 Å². The predicted octanol–water partition coefficient (Wildman–Crippen LogP) is 2.21. The van der Waals surface area contributed by atoms with Crippen molar-refractivity contribution in [1.29, 1.82) is 0 Å². The third-order valence-corrected chi connectivity index (χ3v) is 2.82. The van der Waals surface area contributed by atoms with E-state index in [1.165, 1.54) is 6.21 Å². The number of rotatable bonds is 5. The Bertz CT molecular complexity index is 725. The second-order valence-electron chi connectivity index (χ2n) is 4.63. The standard InChI is InChI=1S/C17H16N4O2/c1-13(19-21-17(23)15-10-6-3-7-11-15)12-18-20-16(22)14-8-4-2-5-9-14/h2-12H,1H3,(H,20,22)(H,21,23)/b18-12+,19-13+. The van der Waals surface area contributed by atoms with Gasteiger partial charge < -0.3 is 0 Å². The average molecular weight is 308 g/mol. The fraction of sp³-hybridized carbons (Fsp3) is 0.0588. The van der Waals surface area contributed by atoms with Crippen molar-refractivity contribution in [2.75, 3.05) is 0 Å². The minimum absolute atomic E-state index is 0.313. The summed E-state index contributed by atoms with van der Waals surface area (Å²) in [6.45, 7) is 1.66. The molecule has 2 aromatic rings.